The Balaban J connectivity index is 1.18. The fourth-order valence-corrected chi connectivity index (χ4v) is 6.32. The molecule has 1 N–H and O–H groups in total. The summed E-state index contributed by atoms with van der Waals surface area (Å²) < 4.78 is 13.4. The average Bonchev–Trinajstić information content (AvgIpc) is 3.63. The van der Waals surface area contributed by atoms with Crippen LogP contribution in [0, 0.1) is 0 Å². The molecule has 2 aliphatic heterocycles. The van der Waals surface area contributed by atoms with Crippen molar-refractivity contribution in [2.75, 3.05) is 45.7 Å². The third-order valence-corrected chi connectivity index (χ3v) is 8.30. The first-order valence-electron chi connectivity index (χ1n) is 15.2. The van der Waals surface area contributed by atoms with Crippen molar-refractivity contribution in [3.8, 4) is 0 Å². The third kappa shape index (κ3) is 5.92. The topological polar surface area (TPSA) is 135 Å². The Hall–Kier alpha value is -4.26. The molecule has 2 unspecified atom stereocenters. The molecule has 3 amide bonds. The lowest BCUT2D eigenvalue weighted by Gasteiger charge is -2.49. The number of hydrogen-bond donors (Lipinski definition) is 1. The maximum Gasteiger partial charge on any atom is 0.410 e. The van der Waals surface area contributed by atoms with Gasteiger partial charge in [-0.2, -0.15) is 4.98 Å². The van der Waals surface area contributed by atoms with Crippen molar-refractivity contribution in [3.05, 3.63) is 41.9 Å². The van der Waals surface area contributed by atoms with Crippen LogP contribution in [0.2, 0.25) is 0 Å². The minimum absolute atomic E-state index is 0.0618. The van der Waals surface area contributed by atoms with E-state index in [-0.39, 0.29) is 36.0 Å². The van der Waals surface area contributed by atoms with Crippen LogP contribution in [0.1, 0.15) is 73.3 Å². The molecule has 1 aliphatic carbocycles. The Morgan fingerprint density at radius 1 is 1.00 bits per heavy atom. The van der Waals surface area contributed by atoms with Gasteiger partial charge in [-0.05, 0) is 51.8 Å². The van der Waals surface area contributed by atoms with E-state index in [0.29, 0.717) is 55.0 Å². The molecule has 1 saturated carbocycles. The Morgan fingerprint density at radius 2 is 1.70 bits per heavy atom. The molecule has 0 radical (unpaired) electrons. The van der Waals surface area contributed by atoms with Gasteiger partial charge in [0.15, 0.2) is 0 Å². The van der Waals surface area contributed by atoms with Gasteiger partial charge in [0, 0.05) is 51.0 Å². The minimum Gasteiger partial charge on any atom is -0.444 e. The number of anilines is 2. The van der Waals surface area contributed by atoms with E-state index in [1.165, 1.54) is 6.20 Å². The number of rotatable bonds is 5. The Bertz CT molecular complexity index is 1540. The molecular weight excluding hydrogens is 564 g/mol. The number of ether oxygens (including phenoxy) is 2. The maximum absolute atomic E-state index is 13.6. The van der Waals surface area contributed by atoms with E-state index in [9.17, 15) is 14.4 Å². The van der Waals surface area contributed by atoms with Crippen molar-refractivity contribution in [2.45, 2.75) is 70.2 Å². The Kier molecular flexibility index (Phi) is 7.91. The van der Waals surface area contributed by atoms with Gasteiger partial charge in [0.2, 0.25) is 5.95 Å². The monoisotopic (exact) mass is 604 g/mol. The summed E-state index contributed by atoms with van der Waals surface area (Å²) in [6.07, 6.45) is 7.14. The number of carbonyl (C=O) groups excluding carboxylic acids is 3. The normalized spacial score (nSPS) is 20.6. The van der Waals surface area contributed by atoms with Gasteiger partial charge in [-0.3, -0.25) is 9.59 Å². The number of carbonyl (C=O) groups is 3. The van der Waals surface area contributed by atoms with Crippen LogP contribution in [-0.4, -0.2) is 110 Å². The Morgan fingerprint density at radius 3 is 2.32 bits per heavy atom. The number of piperazine rings is 1. The van der Waals surface area contributed by atoms with Gasteiger partial charge in [0.05, 0.1) is 30.9 Å². The summed E-state index contributed by atoms with van der Waals surface area (Å²) in [7, 11) is 3.50. The fraction of sp³-hybridized carbons (Fsp3) is 0.548. The standard InChI is InChI=1S/C31H40N8O5/c1-31(2,3)44-30(42)37-15-22-17-43-18-23(16-37)38(22)27(40)19-10-11-25(32-13-19)34-29-33-14-20-12-24(28(41)36(4)5)39(26(20)35-29)21-8-6-7-9-21/h10-14,21-23H,6-9,15-18H2,1-5H3,(H,32,33,34,35). The van der Waals surface area contributed by atoms with Gasteiger partial charge >= 0.3 is 6.09 Å². The lowest BCUT2D eigenvalue weighted by Crippen LogP contribution is -2.67. The van der Waals surface area contributed by atoms with Crippen LogP contribution in [0.3, 0.4) is 0 Å². The highest BCUT2D eigenvalue weighted by atomic mass is 16.6. The van der Waals surface area contributed by atoms with Gasteiger partial charge in [-0.1, -0.05) is 12.8 Å². The molecule has 2 atom stereocenters. The largest absolute Gasteiger partial charge is 0.444 e. The second kappa shape index (κ2) is 11.7. The highest BCUT2D eigenvalue weighted by Crippen LogP contribution is 2.35. The quantitative estimate of drug-likeness (QED) is 0.461. The SMILES string of the molecule is CN(C)C(=O)c1cc2cnc(Nc3ccc(C(=O)N4C5COCC4CN(C(=O)OC(C)(C)C)C5)cn3)nc2n1C1CCCC1. The summed E-state index contributed by atoms with van der Waals surface area (Å²) in [5.74, 6) is 0.627. The minimum atomic E-state index is -0.595. The van der Waals surface area contributed by atoms with Crippen molar-refractivity contribution in [2.24, 2.45) is 0 Å². The first-order valence-corrected chi connectivity index (χ1v) is 15.2. The van der Waals surface area contributed by atoms with Crippen molar-refractivity contribution in [3.63, 3.8) is 0 Å². The third-order valence-electron chi connectivity index (χ3n) is 8.30. The number of hydrogen-bond acceptors (Lipinski definition) is 9. The molecule has 2 saturated heterocycles. The molecule has 3 aromatic heterocycles. The lowest BCUT2D eigenvalue weighted by atomic mass is 10.0. The fourth-order valence-electron chi connectivity index (χ4n) is 6.32. The van der Waals surface area contributed by atoms with E-state index in [1.54, 1.807) is 42.2 Å². The highest BCUT2D eigenvalue weighted by molar-refractivity contribution is 5.98. The first-order chi connectivity index (χ1) is 21.0. The second-order valence-electron chi connectivity index (χ2n) is 13.0. The van der Waals surface area contributed by atoms with E-state index in [1.807, 2.05) is 31.7 Å². The van der Waals surface area contributed by atoms with E-state index in [2.05, 4.69) is 19.9 Å². The summed E-state index contributed by atoms with van der Waals surface area (Å²) in [5, 5.41) is 3.96. The van der Waals surface area contributed by atoms with Crippen LogP contribution < -0.4 is 5.32 Å². The number of nitrogens with zero attached hydrogens (tertiary/aromatic N) is 7. The van der Waals surface area contributed by atoms with Crippen LogP contribution >= 0.6 is 0 Å². The van der Waals surface area contributed by atoms with Crippen LogP contribution in [0.15, 0.2) is 30.6 Å². The predicted molar refractivity (Wildman–Crippen MR) is 163 cm³/mol. The zero-order chi connectivity index (χ0) is 31.2. The summed E-state index contributed by atoms with van der Waals surface area (Å²) in [6.45, 7) is 6.89. The lowest BCUT2D eigenvalue weighted by molar-refractivity contribution is -0.0816. The summed E-state index contributed by atoms with van der Waals surface area (Å²) in [6, 6.07) is 4.98. The molecule has 3 fully saturated rings. The van der Waals surface area contributed by atoms with E-state index >= 15 is 0 Å². The number of nitrogens with one attached hydrogen (secondary N) is 1. The number of pyridine rings is 1. The van der Waals surface area contributed by atoms with Gasteiger partial charge in [-0.25, -0.2) is 14.8 Å². The van der Waals surface area contributed by atoms with E-state index in [4.69, 9.17) is 14.5 Å². The molecule has 234 valence electrons. The van der Waals surface area contributed by atoms with Gasteiger partial charge in [0.1, 0.15) is 22.8 Å². The maximum atomic E-state index is 13.6. The predicted octanol–water partition coefficient (Wildman–Crippen LogP) is 3.85. The zero-order valence-corrected chi connectivity index (χ0v) is 25.9. The molecule has 3 aromatic rings. The molecule has 0 aromatic carbocycles. The first kappa shape index (κ1) is 29.8. The highest BCUT2D eigenvalue weighted by Gasteiger charge is 2.43. The smallest absolute Gasteiger partial charge is 0.410 e. The molecule has 2 bridgehead atoms. The van der Waals surface area contributed by atoms with Gasteiger partial charge in [-0.15, -0.1) is 0 Å². The molecule has 6 rings (SSSR count). The zero-order valence-electron chi connectivity index (χ0n) is 25.9. The Labute approximate surface area is 256 Å². The van der Waals surface area contributed by atoms with Gasteiger partial charge in [0.25, 0.3) is 11.8 Å². The summed E-state index contributed by atoms with van der Waals surface area (Å²) in [5.41, 5.74) is 1.18. The average molecular weight is 605 g/mol. The van der Waals surface area contributed by atoms with Crippen molar-refractivity contribution >= 4 is 40.7 Å². The molecular formula is C31H40N8O5. The molecule has 5 heterocycles. The molecule has 13 nitrogen and oxygen atoms in total. The van der Waals surface area contributed by atoms with Crippen LogP contribution in [0.5, 0.6) is 0 Å². The second-order valence-corrected chi connectivity index (χ2v) is 13.0. The summed E-state index contributed by atoms with van der Waals surface area (Å²) >= 11 is 0. The molecule has 3 aliphatic rings. The number of morpholine rings is 1. The molecule has 0 spiro atoms. The van der Waals surface area contributed by atoms with Crippen molar-refractivity contribution < 1.29 is 23.9 Å². The number of amides is 3. The number of fused-ring (bicyclic) bond motifs is 3. The van der Waals surface area contributed by atoms with E-state index < -0.39 is 5.60 Å². The van der Waals surface area contributed by atoms with E-state index in [0.717, 1.165) is 31.1 Å². The van der Waals surface area contributed by atoms with Crippen LogP contribution in [0.4, 0.5) is 16.6 Å². The van der Waals surface area contributed by atoms with Crippen molar-refractivity contribution in [1.29, 1.82) is 0 Å². The van der Waals surface area contributed by atoms with Gasteiger partial charge < -0.3 is 34.1 Å². The van der Waals surface area contributed by atoms with Crippen LogP contribution in [0.25, 0.3) is 11.0 Å². The summed E-state index contributed by atoms with van der Waals surface area (Å²) in [4.78, 5) is 58.1. The molecule has 44 heavy (non-hydrogen) atoms. The number of aromatic nitrogens is 4. The van der Waals surface area contributed by atoms with Crippen molar-refractivity contribution in [1.82, 2.24) is 34.2 Å². The van der Waals surface area contributed by atoms with Crippen LogP contribution in [-0.2, 0) is 9.47 Å². The molecule has 13 heteroatoms.